The number of aromatic nitrogens is 1. The van der Waals surface area contributed by atoms with Crippen molar-refractivity contribution in [3.63, 3.8) is 0 Å². The molecule has 0 fully saturated rings. The van der Waals surface area contributed by atoms with Crippen molar-refractivity contribution < 1.29 is 17.9 Å². The molecule has 1 aromatic carbocycles. The summed E-state index contributed by atoms with van der Waals surface area (Å²) >= 11 is 3.06. The van der Waals surface area contributed by atoms with Crippen LogP contribution in [0.3, 0.4) is 0 Å². The normalized spacial score (nSPS) is 12.2. The molecule has 0 saturated heterocycles. The molecule has 0 atom stereocenters. The molecule has 2 nitrogen and oxygen atoms in total. The summed E-state index contributed by atoms with van der Waals surface area (Å²) in [5.74, 6) is 0.425. The third-order valence-electron chi connectivity index (χ3n) is 2.94. The number of ether oxygens (including phenoxy) is 1. The van der Waals surface area contributed by atoms with E-state index in [1.54, 1.807) is 19.1 Å². The van der Waals surface area contributed by atoms with Gasteiger partial charge in [-0.05, 0) is 34.5 Å². The van der Waals surface area contributed by atoms with Gasteiger partial charge in [0.1, 0.15) is 11.4 Å². The van der Waals surface area contributed by atoms with E-state index in [4.69, 9.17) is 4.74 Å². The zero-order valence-electron chi connectivity index (χ0n) is 10.0. The van der Waals surface area contributed by atoms with Crippen LogP contribution in [0.2, 0.25) is 0 Å². The Balaban J connectivity index is 2.98. The predicted octanol–water partition coefficient (Wildman–Crippen LogP) is 4.28. The van der Waals surface area contributed by atoms with E-state index < -0.39 is 11.9 Å². The molecule has 18 heavy (non-hydrogen) atoms. The Hall–Kier alpha value is -1.17. The first-order valence-electron chi connectivity index (χ1n) is 5.17. The van der Waals surface area contributed by atoms with Gasteiger partial charge in [-0.15, -0.1) is 0 Å². The van der Waals surface area contributed by atoms with E-state index in [0.29, 0.717) is 16.7 Å². The fourth-order valence-corrected chi connectivity index (χ4v) is 3.13. The molecular formula is C12H11BrF3NO. The van der Waals surface area contributed by atoms with Gasteiger partial charge in [-0.2, -0.15) is 13.2 Å². The number of fused-ring (bicyclic) bond motifs is 1. The number of hydrogen-bond donors (Lipinski definition) is 0. The van der Waals surface area contributed by atoms with Crippen LogP contribution in [-0.2, 0) is 13.2 Å². The standard InChI is InChI=1S/C12H11BrF3NO/c1-6-4-5-7(18-3)10-8(6)9(13)11(17(10)2)12(14,15)16/h4-5H,1-3H3. The molecule has 0 aliphatic heterocycles. The lowest BCUT2D eigenvalue weighted by molar-refractivity contribution is -0.143. The summed E-state index contributed by atoms with van der Waals surface area (Å²) in [4.78, 5) is 0. The topological polar surface area (TPSA) is 14.2 Å². The lowest BCUT2D eigenvalue weighted by Crippen LogP contribution is -2.11. The second kappa shape index (κ2) is 4.19. The van der Waals surface area contributed by atoms with Gasteiger partial charge in [0.05, 0.1) is 17.1 Å². The first-order chi connectivity index (χ1) is 8.29. The minimum atomic E-state index is -4.41. The minimum Gasteiger partial charge on any atom is -0.495 e. The highest BCUT2D eigenvalue weighted by Gasteiger charge is 2.38. The Labute approximate surface area is 110 Å². The molecule has 0 aliphatic rings. The molecular weight excluding hydrogens is 311 g/mol. The first kappa shape index (κ1) is 13.3. The number of methoxy groups -OCH3 is 1. The van der Waals surface area contributed by atoms with Crippen LogP contribution in [0, 0.1) is 6.92 Å². The molecule has 1 heterocycles. The Morgan fingerprint density at radius 3 is 2.39 bits per heavy atom. The van der Waals surface area contributed by atoms with Crippen LogP contribution < -0.4 is 4.74 Å². The Bertz CT molecular complexity index is 616. The van der Waals surface area contributed by atoms with Crippen molar-refractivity contribution >= 4 is 26.8 Å². The molecule has 6 heteroatoms. The van der Waals surface area contributed by atoms with E-state index in [-0.39, 0.29) is 4.47 Å². The average molecular weight is 322 g/mol. The highest BCUT2D eigenvalue weighted by molar-refractivity contribution is 9.10. The number of aryl methyl sites for hydroxylation is 2. The second-order valence-electron chi connectivity index (χ2n) is 4.03. The number of benzene rings is 1. The zero-order valence-corrected chi connectivity index (χ0v) is 11.6. The van der Waals surface area contributed by atoms with E-state index in [0.717, 1.165) is 10.1 Å². The molecule has 0 N–H and O–H groups in total. The molecule has 2 aromatic rings. The minimum absolute atomic E-state index is 0.0592. The molecule has 0 spiro atoms. The monoisotopic (exact) mass is 321 g/mol. The molecule has 1 aromatic heterocycles. The maximum Gasteiger partial charge on any atom is 0.432 e. The van der Waals surface area contributed by atoms with Gasteiger partial charge in [-0.25, -0.2) is 0 Å². The molecule has 0 amide bonds. The number of rotatable bonds is 1. The van der Waals surface area contributed by atoms with Crippen molar-refractivity contribution in [2.75, 3.05) is 7.11 Å². The van der Waals surface area contributed by atoms with Crippen molar-refractivity contribution in [1.82, 2.24) is 4.57 Å². The third-order valence-corrected chi connectivity index (χ3v) is 3.71. The number of hydrogen-bond acceptors (Lipinski definition) is 1. The predicted molar refractivity (Wildman–Crippen MR) is 66.9 cm³/mol. The van der Waals surface area contributed by atoms with Crippen LogP contribution in [0.25, 0.3) is 10.9 Å². The molecule has 0 saturated carbocycles. The van der Waals surface area contributed by atoms with E-state index in [9.17, 15) is 13.2 Å². The summed E-state index contributed by atoms with van der Waals surface area (Å²) < 4.78 is 45.4. The van der Waals surface area contributed by atoms with Gasteiger partial charge in [-0.1, -0.05) is 6.07 Å². The maximum absolute atomic E-state index is 13.0. The quantitative estimate of drug-likeness (QED) is 0.764. The molecule has 98 valence electrons. The zero-order chi connectivity index (χ0) is 13.7. The molecule has 0 radical (unpaired) electrons. The maximum atomic E-state index is 13.0. The lowest BCUT2D eigenvalue weighted by Gasteiger charge is -2.10. The van der Waals surface area contributed by atoms with Crippen LogP contribution in [0.5, 0.6) is 5.75 Å². The number of alkyl halides is 3. The summed E-state index contributed by atoms with van der Waals surface area (Å²) in [6.45, 7) is 1.77. The molecule has 0 aliphatic carbocycles. The van der Waals surface area contributed by atoms with Gasteiger partial charge in [-0.3, -0.25) is 0 Å². The molecule has 2 rings (SSSR count). The largest absolute Gasteiger partial charge is 0.495 e. The first-order valence-corrected chi connectivity index (χ1v) is 5.97. The van der Waals surface area contributed by atoms with Crippen LogP contribution >= 0.6 is 15.9 Å². The fraction of sp³-hybridized carbons (Fsp3) is 0.333. The van der Waals surface area contributed by atoms with Crippen LogP contribution in [-0.4, -0.2) is 11.7 Å². The summed E-state index contributed by atoms with van der Waals surface area (Å²) in [5, 5.41) is 0.532. The molecule has 0 bridgehead atoms. The number of halogens is 4. The van der Waals surface area contributed by atoms with E-state index in [2.05, 4.69) is 15.9 Å². The molecule has 0 unspecified atom stereocenters. The number of nitrogens with zero attached hydrogens (tertiary/aromatic N) is 1. The van der Waals surface area contributed by atoms with Gasteiger partial charge in [0.15, 0.2) is 0 Å². The van der Waals surface area contributed by atoms with E-state index >= 15 is 0 Å². The smallest absolute Gasteiger partial charge is 0.432 e. The van der Waals surface area contributed by atoms with Crippen molar-refractivity contribution in [3.05, 3.63) is 27.9 Å². The second-order valence-corrected chi connectivity index (χ2v) is 4.82. The van der Waals surface area contributed by atoms with Crippen molar-refractivity contribution in [2.24, 2.45) is 7.05 Å². The van der Waals surface area contributed by atoms with E-state index in [1.165, 1.54) is 14.2 Å². The van der Waals surface area contributed by atoms with Crippen LogP contribution in [0.4, 0.5) is 13.2 Å². The van der Waals surface area contributed by atoms with Gasteiger partial charge in [0.25, 0.3) is 0 Å². The summed E-state index contributed by atoms with van der Waals surface area (Å²) in [5.41, 5.74) is 0.505. The van der Waals surface area contributed by atoms with Crippen LogP contribution in [0.15, 0.2) is 16.6 Å². The average Bonchev–Trinajstić information content (AvgIpc) is 2.52. The highest BCUT2D eigenvalue weighted by atomic mass is 79.9. The third kappa shape index (κ3) is 1.79. The lowest BCUT2D eigenvalue weighted by atomic mass is 10.1. The van der Waals surface area contributed by atoms with Crippen LogP contribution in [0.1, 0.15) is 11.3 Å². The SMILES string of the molecule is COc1ccc(C)c2c(Br)c(C(F)(F)F)n(C)c12. The summed E-state index contributed by atoms with van der Waals surface area (Å²) in [6.07, 6.45) is -4.41. The highest BCUT2D eigenvalue weighted by Crippen LogP contribution is 2.44. The van der Waals surface area contributed by atoms with Crippen molar-refractivity contribution in [3.8, 4) is 5.75 Å². The van der Waals surface area contributed by atoms with Gasteiger partial charge >= 0.3 is 6.18 Å². The Morgan fingerprint density at radius 2 is 1.89 bits per heavy atom. The van der Waals surface area contributed by atoms with Crippen molar-refractivity contribution in [2.45, 2.75) is 13.1 Å². The Kier molecular flexibility index (Phi) is 3.09. The van der Waals surface area contributed by atoms with Gasteiger partial charge < -0.3 is 9.30 Å². The van der Waals surface area contributed by atoms with Gasteiger partial charge in [0, 0.05) is 12.4 Å². The van der Waals surface area contributed by atoms with Crippen molar-refractivity contribution in [1.29, 1.82) is 0 Å². The Morgan fingerprint density at radius 1 is 1.28 bits per heavy atom. The van der Waals surface area contributed by atoms with Gasteiger partial charge in [0.2, 0.25) is 0 Å². The summed E-state index contributed by atoms with van der Waals surface area (Å²) in [6, 6.07) is 3.41. The fourth-order valence-electron chi connectivity index (χ4n) is 2.14. The van der Waals surface area contributed by atoms with E-state index in [1.807, 2.05) is 0 Å². The summed E-state index contributed by atoms with van der Waals surface area (Å²) in [7, 11) is 2.83.